The van der Waals surface area contributed by atoms with Crippen molar-refractivity contribution in [1.29, 1.82) is 0 Å². The van der Waals surface area contributed by atoms with E-state index in [1.54, 1.807) is 14.2 Å². The molecular weight excluding hydrogens is 360 g/mol. The van der Waals surface area contributed by atoms with Gasteiger partial charge in [0.2, 0.25) is 0 Å². The van der Waals surface area contributed by atoms with Crippen LogP contribution in [0.4, 0.5) is 5.69 Å². The predicted octanol–water partition coefficient (Wildman–Crippen LogP) is 2.24. The summed E-state index contributed by atoms with van der Waals surface area (Å²) < 4.78 is 10.5. The van der Waals surface area contributed by atoms with Crippen LogP contribution in [0.5, 0.6) is 11.5 Å². The fourth-order valence-corrected chi connectivity index (χ4v) is 3.51. The maximum Gasteiger partial charge on any atom is 0.258 e. The molecule has 2 aliphatic rings. The van der Waals surface area contributed by atoms with Gasteiger partial charge in [-0.05, 0) is 36.2 Å². The molecule has 0 spiro atoms. The summed E-state index contributed by atoms with van der Waals surface area (Å²) in [7, 11) is 3.14. The first-order chi connectivity index (χ1) is 13.6. The van der Waals surface area contributed by atoms with Gasteiger partial charge in [0.15, 0.2) is 23.6 Å². The number of carbonyl (C=O) groups is 2. The van der Waals surface area contributed by atoms with E-state index in [0.717, 1.165) is 11.3 Å². The average Bonchev–Trinajstić information content (AvgIpc) is 3.27. The topological polar surface area (TPSA) is 83.8 Å². The van der Waals surface area contributed by atoms with Crippen molar-refractivity contribution in [2.45, 2.75) is 18.5 Å². The number of likely N-dealkylation sites (tertiary alicyclic amines) is 1. The second kappa shape index (κ2) is 7.30. The summed E-state index contributed by atoms with van der Waals surface area (Å²) in [5.41, 5.74) is 1.68. The molecule has 28 heavy (non-hydrogen) atoms. The lowest BCUT2D eigenvalue weighted by molar-refractivity contribution is -0.139. The quantitative estimate of drug-likeness (QED) is 0.718. The van der Waals surface area contributed by atoms with Gasteiger partial charge < -0.3 is 9.47 Å². The lowest BCUT2D eigenvalue weighted by Gasteiger charge is -2.20. The maximum absolute atomic E-state index is 12.9. The molecule has 2 aliphatic heterocycles. The third kappa shape index (κ3) is 2.96. The Bertz CT molecular complexity index is 931. The molecule has 1 fully saturated rings. The first-order valence-electron chi connectivity index (χ1n) is 8.95. The minimum Gasteiger partial charge on any atom is -0.493 e. The maximum atomic E-state index is 12.9. The first-order valence-corrected chi connectivity index (χ1v) is 8.95. The number of carbonyl (C=O) groups excluding carboxylic acids is 2. The molecule has 0 aromatic heterocycles. The van der Waals surface area contributed by atoms with E-state index in [9.17, 15) is 9.59 Å². The molecule has 8 nitrogen and oxygen atoms in total. The molecule has 2 aromatic rings. The highest BCUT2D eigenvalue weighted by Crippen LogP contribution is 2.33. The number of ether oxygens (including phenoxy) is 2. The Morgan fingerprint density at radius 1 is 0.964 bits per heavy atom. The number of hydrogen-bond donors (Lipinski definition) is 0. The van der Waals surface area contributed by atoms with Gasteiger partial charge in [0.1, 0.15) is 0 Å². The molecule has 0 N–H and O–H groups in total. The number of rotatable bonds is 6. The van der Waals surface area contributed by atoms with Crippen molar-refractivity contribution in [2.75, 3.05) is 25.8 Å². The number of para-hydroxylation sites is 1. The number of hydrogen-bond acceptors (Lipinski definition) is 7. The lowest BCUT2D eigenvalue weighted by Crippen LogP contribution is -2.40. The van der Waals surface area contributed by atoms with Crippen molar-refractivity contribution in [3.8, 4) is 11.5 Å². The molecule has 144 valence electrons. The summed E-state index contributed by atoms with van der Waals surface area (Å²) in [4.78, 5) is 26.9. The van der Waals surface area contributed by atoms with Crippen molar-refractivity contribution in [3.63, 3.8) is 0 Å². The zero-order chi connectivity index (χ0) is 19.7. The molecule has 0 aliphatic carbocycles. The van der Waals surface area contributed by atoms with E-state index in [4.69, 9.17) is 9.47 Å². The van der Waals surface area contributed by atoms with E-state index < -0.39 is 12.1 Å². The smallest absolute Gasteiger partial charge is 0.258 e. The molecule has 1 saturated heterocycles. The van der Waals surface area contributed by atoms with Crippen molar-refractivity contribution < 1.29 is 19.1 Å². The molecule has 2 aromatic carbocycles. The first kappa shape index (κ1) is 18.0. The van der Waals surface area contributed by atoms with E-state index in [1.165, 1.54) is 9.91 Å². The molecular formula is C20H20N4O4. The minimum absolute atomic E-state index is 0.274. The Morgan fingerprint density at radius 2 is 1.71 bits per heavy atom. The molecule has 0 bridgehead atoms. The lowest BCUT2D eigenvalue weighted by atomic mass is 10.1. The summed E-state index contributed by atoms with van der Waals surface area (Å²) >= 11 is 0. The van der Waals surface area contributed by atoms with Gasteiger partial charge in [-0.15, -0.1) is 0 Å². The molecule has 2 amide bonds. The predicted molar refractivity (Wildman–Crippen MR) is 101 cm³/mol. The Morgan fingerprint density at radius 3 is 2.43 bits per heavy atom. The number of methoxy groups -OCH3 is 2. The summed E-state index contributed by atoms with van der Waals surface area (Å²) in [6.45, 7) is 0.276. The zero-order valence-corrected chi connectivity index (χ0v) is 15.6. The molecule has 4 rings (SSSR count). The van der Waals surface area contributed by atoms with Gasteiger partial charge in [-0.2, -0.15) is 5.11 Å². The summed E-state index contributed by atoms with van der Waals surface area (Å²) in [6.07, 6.45) is 0.514. The van der Waals surface area contributed by atoms with Crippen LogP contribution in [0, 0.1) is 0 Å². The average molecular weight is 380 g/mol. The van der Waals surface area contributed by atoms with Crippen LogP contribution in [0.25, 0.3) is 0 Å². The summed E-state index contributed by atoms with van der Waals surface area (Å²) in [5.74, 6) is 0.662. The van der Waals surface area contributed by atoms with Crippen LogP contribution in [-0.4, -0.2) is 49.6 Å². The Hall–Kier alpha value is -3.42. The van der Waals surface area contributed by atoms with Gasteiger partial charge in [0.25, 0.3) is 11.8 Å². The van der Waals surface area contributed by atoms with Crippen molar-refractivity contribution in [3.05, 3.63) is 54.1 Å². The molecule has 2 heterocycles. The highest BCUT2D eigenvalue weighted by molar-refractivity contribution is 6.11. The highest BCUT2D eigenvalue weighted by Gasteiger charge is 2.54. The Labute approximate surface area is 162 Å². The summed E-state index contributed by atoms with van der Waals surface area (Å²) in [5, 5.41) is 9.62. The van der Waals surface area contributed by atoms with Crippen LogP contribution in [0.3, 0.4) is 0 Å². The standard InChI is InChI=1S/C20H20N4O4/c1-27-15-9-8-13(12-16(15)28-2)10-11-23-19(25)17-18(20(23)26)24(22-21-17)14-6-4-3-5-7-14/h3-9,12,17-18H,10-11H2,1-2H3/t17-,18+/m1/s1. The number of benzene rings is 2. The van der Waals surface area contributed by atoms with Gasteiger partial charge in [-0.3, -0.25) is 14.5 Å². The third-order valence-electron chi connectivity index (χ3n) is 4.97. The number of nitrogens with zero attached hydrogens (tertiary/aromatic N) is 4. The number of amides is 2. The Balaban J connectivity index is 1.49. The van der Waals surface area contributed by atoms with E-state index in [0.29, 0.717) is 17.9 Å². The van der Waals surface area contributed by atoms with E-state index in [1.807, 2.05) is 48.5 Å². The van der Waals surface area contributed by atoms with E-state index >= 15 is 0 Å². The molecule has 0 radical (unpaired) electrons. The van der Waals surface area contributed by atoms with Gasteiger partial charge in [0.05, 0.1) is 19.9 Å². The van der Waals surface area contributed by atoms with Crippen molar-refractivity contribution in [1.82, 2.24) is 4.90 Å². The van der Waals surface area contributed by atoms with Gasteiger partial charge >= 0.3 is 0 Å². The van der Waals surface area contributed by atoms with Crippen LogP contribution in [-0.2, 0) is 16.0 Å². The Kier molecular flexibility index (Phi) is 4.68. The van der Waals surface area contributed by atoms with Crippen molar-refractivity contribution in [2.24, 2.45) is 10.3 Å². The second-order valence-electron chi connectivity index (χ2n) is 6.54. The van der Waals surface area contributed by atoms with Crippen LogP contribution >= 0.6 is 0 Å². The molecule has 8 heteroatoms. The number of fused-ring (bicyclic) bond motifs is 1. The third-order valence-corrected chi connectivity index (χ3v) is 4.97. The van der Waals surface area contributed by atoms with Gasteiger partial charge in [-0.25, -0.2) is 5.01 Å². The fraction of sp³-hybridized carbons (Fsp3) is 0.300. The molecule has 0 saturated carbocycles. The SMILES string of the molecule is COc1ccc(CCN2C(=O)[C@@H]3[C@@H](N=NN3c3ccccc3)C2=O)cc1OC. The monoisotopic (exact) mass is 380 g/mol. The number of imide groups is 1. The van der Waals surface area contributed by atoms with Crippen molar-refractivity contribution >= 4 is 17.5 Å². The summed E-state index contributed by atoms with van der Waals surface area (Å²) in [6, 6.07) is 13.3. The largest absolute Gasteiger partial charge is 0.493 e. The van der Waals surface area contributed by atoms with E-state index in [-0.39, 0.29) is 18.4 Å². The van der Waals surface area contributed by atoms with Crippen LogP contribution < -0.4 is 14.5 Å². The van der Waals surface area contributed by atoms with Crippen LogP contribution in [0.2, 0.25) is 0 Å². The van der Waals surface area contributed by atoms with Crippen LogP contribution in [0.1, 0.15) is 5.56 Å². The highest BCUT2D eigenvalue weighted by atomic mass is 16.5. The molecule has 0 unspecified atom stereocenters. The van der Waals surface area contributed by atoms with Gasteiger partial charge in [0, 0.05) is 6.54 Å². The van der Waals surface area contributed by atoms with E-state index in [2.05, 4.69) is 10.3 Å². The van der Waals surface area contributed by atoms with Gasteiger partial charge in [-0.1, -0.05) is 29.5 Å². The second-order valence-corrected chi connectivity index (χ2v) is 6.54. The normalized spacial score (nSPS) is 20.6. The number of anilines is 1. The molecule has 2 atom stereocenters. The fourth-order valence-electron chi connectivity index (χ4n) is 3.51. The minimum atomic E-state index is -0.780. The zero-order valence-electron chi connectivity index (χ0n) is 15.6. The van der Waals surface area contributed by atoms with Crippen LogP contribution in [0.15, 0.2) is 58.9 Å².